The van der Waals surface area contributed by atoms with Crippen LogP contribution in [-0.4, -0.2) is 40.0 Å². The number of rotatable bonds is 4. The number of aromatic amines is 1. The van der Waals surface area contributed by atoms with Gasteiger partial charge in [0.05, 0.1) is 11.3 Å². The Morgan fingerprint density at radius 2 is 2.08 bits per heavy atom. The first-order valence-corrected chi connectivity index (χ1v) is 8.84. The number of halogens is 1. The smallest absolute Gasteiger partial charge is 0.255 e. The first-order chi connectivity index (χ1) is 12.1. The fourth-order valence-electron chi connectivity index (χ4n) is 3.10. The molecular formula is C18H21ClN4O2. The molecule has 1 saturated heterocycles. The Balaban J connectivity index is 1.72. The zero-order valence-electron chi connectivity index (χ0n) is 14.1. The summed E-state index contributed by atoms with van der Waals surface area (Å²) in [5, 5.41) is 10.3. The lowest BCUT2D eigenvalue weighted by atomic mass is 9.93. The number of piperidine rings is 1. The number of nitrogens with one attached hydrogen (secondary N) is 2. The van der Waals surface area contributed by atoms with Gasteiger partial charge in [-0.15, -0.1) is 0 Å². The predicted molar refractivity (Wildman–Crippen MR) is 96.8 cm³/mol. The summed E-state index contributed by atoms with van der Waals surface area (Å²) in [5.41, 5.74) is 2.07. The van der Waals surface area contributed by atoms with Crippen LogP contribution < -0.4 is 5.32 Å². The first-order valence-electron chi connectivity index (χ1n) is 8.46. The average molecular weight is 361 g/mol. The van der Waals surface area contributed by atoms with Gasteiger partial charge in [-0.2, -0.15) is 5.10 Å². The van der Waals surface area contributed by atoms with Crippen LogP contribution in [-0.2, 0) is 4.79 Å². The second-order valence-corrected chi connectivity index (χ2v) is 6.61. The molecule has 3 rings (SSSR count). The van der Waals surface area contributed by atoms with E-state index in [0.29, 0.717) is 41.7 Å². The van der Waals surface area contributed by atoms with Crippen LogP contribution in [0.3, 0.4) is 0 Å². The average Bonchev–Trinajstić information content (AvgIpc) is 3.16. The second kappa shape index (κ2) is 7.70. The molecule has 0 atom stereocenters. The van der Waals surface area contributed by atoms with Crippen LogP contribution in [0, 0.1) is 0 Å². The number of H-pyrrole nitrogens is 1. The SMILES string of the molecule is CCC(=O)Nc1cc(Cl)ccc1C(=O)N1CCC(c2ccn[nH]2)CC1. The molecule has 2 N–H and O–H groups in total. The summed E-state index contributed by atoms with van der Waals surface area (Å²) >= 11 is 6.02. The van der Waals surface area contributed by atoms with Gasteiger partial charge in [0, 0.05) is 42.3 Å². The molecule has 132 valence electrons. The van der Waals surface area contributed by atoms with Gasteiger partial charge in [0.1, 0.15) is 0 Å². The van der Waals surface area contributed by atoms with Crippen molar-refractivity contribution >= 4 is 29.1 Å². The minimum atomic E-state index is -0.144. The van der Waals surface area contributed by atoms with Gasteiger partial charge in [-0.25, -0.2) is 0 Å². The maximum absolute atomic E-state index is 12.9. The van der Waals surface area contributed by atoms with Crippen molar-refractivity contribution in [1.82, 2.24) is 15.1 Å². The molecule has 0 radical (unpaired) electrons. The summed E-state index contributed by atoms with van der Waals surface area (Å²) in [7, 11) is 0. The molecule has 6 nitrogen and oxygen atoms in total. The number of amides is 2. The molecule has 7 heteroatoms. The quantitative estimate of drug-likeness (QED) is 0.876. The van der Waals surface area contributed by atoms with Crippen LogP contribution in [0.2, 0.25) is 5.02 Å². The standard InChI is InChI=1S/C18H21ClN4O2/c1-2-17(24)21-16-11-13(19)3-4-14(16)18(25)23-9-6-12(7-10-23)15-5-8-20-22-15/h3-5,8,11-12H,2,6-7,9-10H2,1H3,(H,20,22)(H,21,24). The summed E-state index contributed by atoms with van der Waals surface area (Å²) in [5.74, 6) is 0.177. The molecule has 2 amide bonds. The summed E-state index contributed by atoms with van der Waals surface area (Å²) < 4.78 is 0. The van der Waals surface area contributed by atoms with Crippen molar-refractivity contribution in [1.29, 1.82) is 0 Å². The lowest BCUT2D eigenvalue weighted by molar-refractivity contribution is -0.115. The molecule has 0 spiro atoms. The molecule has 25 heavy (non-hydrogen) atoms. The van der Waals surface area contributed by atoms with E-state index in [1.54, 1.807) is 31.3 Å². The van der Waals surface area contributed by atoms with Crippen LogP contribution >= 0.6 is 11.6 Å². The Morgan fingerprint density at radius 1 is 1.32 bits per heavy atom. The maximum atomic E-state index is 12.9. The molecule has 1 aliphatic heterocycles. The number of nitrogens with zero attached hydrogens (tertiary/aromatic N) is 2. The molecule has 1 fully saturated rings. The van der Waals surface area contributed by atoms with E-state index in [1.165, 1.54) is 0 Å². The highest BCUT2D eigenvalue weighted by molar-refractivity contribution is 6.31. The number of carbonyl (C=O) groups excluding carboxylic acids is 2. The van der Waals surface area contributed by atoms with Crippen molar-refractivity contribution in [3.05, 3.63) is 46.7 Å². The Hall–Kier alpha value is -2.34. The minimum Gasteiger partial charge on any atom is -0.339 e. The highest BCUT2D eigenvalue weighted by atomic mass is 35.5. The summed E-state index contributed by atoms with van der Waals surface area (Å²) in [6, 6.07) is 6.96. The molecular weight excluding hydrogens is 340 g/mol. The van der Waals surface area contributed by atoms with Gasteiger partial charge in [-0.3, -0.25) is 14.7 Å². The van der Waals surface area contributed by atoms with Gasteiger partial charge in [-0.1, -0.05) is 18.5 Å². The molecule has 1 aromatic heterocycles. The van der Waals surface area contributed by atoms with E-state index in [-0.39, 0.29) is 11.8 Å². The van der Waals surface area contributed by atoms with Crippen molar-refractivity contribution in [3.8, 4) is 0 Å². The fraction of sp³-hybridized carbons (Fsp3) is 0.389. The Bertz CT molecular complexity index is 752. The number of hydrogen-bond acceptors (Lipinski definition) is 3. The van der Waals surface area contributed by atoms with Crippen molar-refractivity contribution in [2.24, 2.45) is 0 Å². The topological polar surface area (TPSA) is 78.1 Å². The Kier molecular flexibility index (Phi) is 5.38. The Morgan fingerprint density at radius 3 is 2.72 bits per heavy atom. The van der Waals surface area contributed by atoms with Crippen molar-refractivity contribution in [2.75, 3.05) is 18.4 Å². The van der Waals surface area contributed by atoms with E-state index in [4.69, 9.17) is 11.6 Å². The van der Waals surface area contributed by atoms with Crippen LogP contribution in [0.4, 0.5) is 5.69 Å². The van der Waals surface area contributed by atoms with Gasteiger partial charge in [0.25, 0.3) is 5.91 Å². The third kappa shape index (κ3) is 4.02. The van der Waals surface area contributed by atoms with Gasteiger partial charge in [0.2, 0.25) is 5.91 Å². The van der Waals surface area contributed by atoms with Crippen LogP contribution in [0.5, 0.6) is 0 Å². The summed E-state index contributed by atoms with van der Waals surface area (Å²) in [6.07, 6.45) is 3.87. The zero-order chi connectivity index (χ0) is 17.8. The van der Waals surface area contributed by atoms with Gasteiger partial charge in [0.15, 0.2) is 0 Å². The number of aromatic nitrogens is 2. The minimum absolute atomic E-state index is 0.0777. The van der Waals surface area contributed by atoms with Crippen molar-refractivity contribution in [2.45, 2.75) is 32.1 Å². The van der Waals surface area contributed by atoms with E-state index in [0.717, 1.165) is 18.5 Å². The number of likely N-dealkylation sites (tertiary alicyclic amines) is 1. The van der Waals surface area contributed by atoms with E-state index in [9.17, 15) is 9.59 Å². The van der Waals surface area contributed by atoms with Crippen LogP contribution in [0.1, 0.15) is 48.2 Å². The predicted octanol–water partition coefficient (Wildman–Crippen LogP) is 3.43. The van der Waals surface area contributed by atoms with Crippen LogP contribution in [0.25, 0.3) is 0 Å². The maximum Gasteiger partial charge on any atom is 0.255 e. The number of anilines is 1. The molecule has 1 aliphatic rings. The van der Waals surface area contributed by atoms with Crippen molar-refractivity contribution in [3.63, 3.8) is 0 Å². The highest BCUT2D eigenvalue weighted by Gasteiger charge is 2.26. The molecule has 0 aliphatic carbocycles. The monoisotopic (exact) mass is 360 g/mol. The lowest BCUT2D eigenvalue weighted by Gasteiger charge is -2.32. The molecule has 0 unspecified atom stereocenters. The third-order valence-corrected chi connectivity index (χ3v) is 4.79. The number of carbonyl (C=O) groups is 2. The molecule has 0 bridgehead atoms. The normalized spacial score (nSPS) is 15.2. The van der Waals surface area contributed by atoms with Gasteiger partial charge >= 0.3 is 0 Å². The van der Waals surface area contributed by atoms with Gasteiger partial charge < -0.3 is 10.2 Å². The molecule has 0 saturated carbocycles. The Labute approximate surface area is 151 Å². The molecule has 2 heterocycles. The number of hydrogen-bond donors (Lipinski definition) is 2. The van der Waals surface area contributed by atoms with E-state index in [1.807, 2.05) is 11.0 Å². The molecule has 1 aromatic carbocycles. The third-order valence-electron chi connectivity index (χ3n) is 4.55. The second-order valence-electron chi connectivity index (χ2n) is 6.17. The largest absolute Gasteiger partial charge is 0.339 e. The van der Waals surface area contributed by atoms with Gasteiger partial charge in [-0.05, 0) is 37.1 Å². The van der Waals surface area contributed by atoms with E-state index >= 15 is 0 Å². The van der Waals surface area contributed by atoms with Crippen LogP contribution in [0.15, 0.2) is 30.5 Å². The highest BCUT2D eigenvalue weighted by Crippen LogP contribution is 2.29. The zero-order valence-corrected chi connectivity index (χ0v) is 14.8. The van der Waals surface area contributed by atoms with E-state index in [2.05, 4.69) is 15.5 Å². The summed E-state index contributed by atoms with van der Waals surface area (Å²) in [4.78, 5) is 26.5. The summed E-state index contributed by atoms with van der Waals surface area (Å²) in [6.45, 7) is 3.11. The fourth-order valence-corrected chi connectivity index (χ4v) is 3.28. The number of benzene rings is 1. The van der Waals surface area contributed by atoms with Crippen molar-refractivity contribution < 1.29 is 9.59 Å². The van der Waals surface area contributed by atoms with E-state index < -0.39 is 0 Å². The lowest BCUT2D eigenvalue weighted by Crippen LogP contribution is -2.38. The molecule has 2 aromatic rings. The first kappa shape index (κ1) is 17.5.